The van der Waals surface area contributed by atoms with Gasteiger partial charge in [-0.15, -0.1) is 0 Å². The minimum atomic E-state index is 0.584. The van der Waals surface area contributed by atoms with Crippen molar-refractivity contribution in [1.29, 1.82) is 0 Å². The van der Waals surface area contributed by atoms with Crippen LogP contribution in [0.5, 0.6) is 0 Å². The lowest BCUT2D eigenvalue weighted by atomic mass is 9.70. The molecule has 1 N–H and O–H groups in total. The van der Waals surface area contributed by atoms with Crippen LogP contribution in [-0.2, 0) is 6.42 Å². The largest absolute Gasteiger partial charge is 0.314 e. The molecule has 1 atom stereocenters. The summed E-state index contributed by atoms with van der Waals surface area (Å²) in [5.41, 5.74) is 2.10. The van der Waals surface area contributed by atoms with Crippen molar-refractivity contribution in [2.24, 2.45) is 11.3 Å². The first-order valence-corrected chi connectivity index (χ1v) is 8.79. The third-order valence-corrected chi connectivity index (χ3v) is 5.48. The highest BCUT2D eigenvalue weighted by Gasteiger charge is 2.30. The Kier molecular flexibility index (Phi) is 5.47. The van der Waals surface area contributed by atoms with E-state index in [0.717, 1.165) is 18.5 Å². The fraction of sp³-hybridized carbons (Fsp3) is 0.765. The second kappa shape index (κ2) is 6.90. The molecule has 1 aromatic rings. The molecule has 1 aromatic heterocycles. The summed E-state index contributed by atoms with van der Waals surface area (Å²) in [5.74, 6) is 0.895. The number of rotatable bonds is 6. The molecule has 0 aliphatic heterocycles. The molecule has 2 heteroatoms. The lowest BCUT2D eigenvalue weighted by molar-refractivity contribution is 0.158. The fourth-order valence-electron chi connectivity index (χ4n) is 3.35. The van der Waals surface area contributed by atoms with E-state index < -0.39 is 0 Å². The zero-order valence-electron chi connectivity index (χ0n) is 12.7. The molecule has 1 aliphatic rings. The van der Waals surface area contributed by atoms with Crippen LogP contribution in [0, 0.1) is 11.3 Å². The Balaban J connectivity index is 1.85. The normalized spacial score (nSPS) is 21.4. The van der Waals surface area contributed by atoms with Crippen LogP contribution in [0.2, 0.25) is 0 Å². The second-order valence-electron chi connectivity index (χ2n) is 6.84. The highest BCUT2D eigenvalue weighted by Crippen LogP contribution is 2.39. The molecule has 1 aliphatic carbocycles. The highest BCUT2D eigenvalue weighted by molar-refractivity contribution is 7.07. The molecule has 1 saturated carbocycles. The van der Waals surface area contributed by atoms with Crippen molar-refractivity contribution in [1.82, 2.24) is 5.32 Å². The maximum atomic E-state index is 3.75. The minimum absolute atomic E-state index is 0.584. The van der Waals surface area contributed by atoms with E-state index in [9.17, 15) is 0 Å². The van der Waals surface area contributed by atoms with Crippen molar-refractivity contribution >= 4 is 11.3 Å². The van der Waals surface area contributed by atoms with Crippen LogP contribution >= 0.6 is 11.3 Å². The van der Waals surface area contributed by atoms with E-state index in [0.29, 0.717) is 5.41 Å². The van der Waals surface area contributed by atoms with E-state index in [-0.39, 0.29) is 0 Å². The van der Waals surface area contributed by atoms with Crippen LogP contribution < -0.4 is 5.32 Å². The third kappa shape index (κ3) is 4.61. The van der Waals surface area contributed by atoms with Gasteiger partial charge in [-0.1, -0.05) is 20.8 Å². The number of hydrogen-bond donors (Lipinski definition) is 1. The molecular formula is C17H29NS. The summed E-state index contributed by atoms with van der Waals surface area (Å²) >= 11 is 1.82. The van der Waals surface area contributed by atoms with Crippen molar-refractivity contribution < 1.29 is 0 Å². The van der Waals surface area contributed by atoms with E-state index in [2.05, 4.69) is 42.9 Å². The molecule has 0 amide bonds. The molecule has 1 nitrogen and oxygen atoms in total. The van der Waals surface area contributed by atoms with Crippen LogP contribution in [-0.4, -0.2) is 12.6 Å². The van der Waals surface area contributed by atoms with Gasteiger partial charge in [-0.25, -0.2) is 0 Å². The van der Waals surface area contributed by atoms with Gasteiger partial charge in [0, 0.05) is 6.04 Å². The molecule has 0 aromatic carbocycles. The lowest BCUT2D eigenvalue weighted by Gasteiger charge is -2.38. The quantitative estimate of drug-likeness (QED) is 0.783. The Labute approximate surface area is 122 Å². The zero-order valence-corrected chi connectivity index (χ0v) is 13.6. The SMILES string of the molecule is CCNC(CCc1ccsc1)C1CCC(C)(C)CC1. The molecule has 0 saturated heterocycles. The molecule has 1 unspecified atom stereocenters. The van der Waals surface area contributed by atoms with Gasteiger partial charge in [0.05, 0.1) is 0 Å². The van der Waals surface area contributed by atoms with Gasteiger partial charge in [-0.2, -0.15) is 11.3 Å². The Morgan fingerprint density at radius 3 is 2.68 bits per heavy atom. The van der Waals surface area contributed by atoms with Crippen molar-refractivity contribution in [3.05, 3.63) is 22.4 Å². The first-order valence-electron chi connectivity index (χ1n) is 7.85. The first kappa shape index (κ1) is 15.1. The van der Waals surface area contributed by atoms with Crippen LogP contribution in [0.15, 0.2) is 16.8 Å². The van der Waals surface area contributed by atoms with Crippen molar-refractivity contribution in [2.75, 3.05) is 6.54 Å². The van der Waals surface area contributed by atoms with Gasteiger partial charge in [-0.3, -0.25) is 0 Å². The number of nitrogens with one attached hydrogen (secondary N) is 1. The third-order valence-electron chi connectivity index (χ3n) is 4.74. The topological polar surface area (TPSA) is 12.0 Å². The van der Waals surface area contributed by atoms with Gasteiger partial charge in [0.15, 0.2) is 0 Å². The van der Waals surface area contributed by atoms with Crippen molar-refractivity contribution in [2.45, 2.75) is 65.3 Å². The molecule has 1 heterocycles. The number of thiophene rings is 1. The molecule has 0 radical (unpaired) electrons. The standard InChI is InChI=1S/C17H29NS/c1-4-18-16(6-5-14-9-12-19-13-14)15-7-10-17(2,3)11-8-15/h9,12-13,15-16,18H,4-8,10-11H2,1-3H3. The highest BCUT2D eigenvalue weighted by atomic mass is 32.1. The molecule has 19 heavy (non-hydrogen) atoms. The lowest BCUT2D eigenvalue weighted by Crippen LogP contribution is -2.39. The minimum Gasteiger partial charge on any atom is -0.314 e. The van der Waals surface area contributed by atoms with Crippen molar-refractivity contribution in [3.63, 3.8) is 0 Å². The maximum absolute atomic E-state index is 3.75. The second-order valence-corrected chi connectivity index (χ2v) is 7.62. The van der Waals surface area contributed by atoms with Gasteiger partial charge in [0.25, 0.3) is 0 Å². The molecule has 0 bridgehead atoms. The van der Waals surface area contributed by atoms with Crippen LogP contribution in [0.3, 0.4) is 0 Å². The summed E-state index contributed by atoms with van der Waals surface area (Å²) in [7, 11) is 0. The predicted octanol–water partition coefficient (Wildman–Crippen LogP) is 4.88. The predicted molar refractivity (Wildman–Crippen MR) is 85.8 cm³/mol. The summed E-state index contributed by atoms with van der Waals surface area (Å²) in [4.78, 5) is 0. The van der Waals surface area contributed by atoms with Gasteiger partial charge >= 0.3 is 0 Å². The van der Waals surface area contributed by atoms with E-state index in [1.54, 1.807) is 0 Å². The van der Waals surface area contributed by atoms with E-state index in [1.165, 1.54) is 44.1 Å². The van der Waals surface area contributed by atoms with Gasteiger partial charge in [0.1, 0.15) is 0 Å². The van der Waals surface area contributed by atoms with Gasteiger partial charge in [-0.05, 0) is 78.8 Å². The van der Waals surface area contributed by atoms with Crippen LogP contribution in [0.25, 0.3) is 0 Å². The fourth-order valence-corrected chi connectivity index (χ4v) is 4.05. The number of hydrogen-bond acceptors (Lipinski definition) is 2. The Bertz CT molecular complexity index is 345. The molecule has 2 rings (SSSR count). The van der Waals surface area contributed by atoms with E-state index >= 15 is 0 Å². The van der Waals surface area contributed by atoms with Crippen LogP contribution in [0.4, 0.5) is 0 Å². The summed E-state index contributed by atoms with van der Waals surface area (Å²) in [6.45, 7) is 8.20. The average Bonchev–Trinajstić information content (AvgIpc) is 2.88. The smallest absolute Gasteiger partial charge is 0.00983 e. The Morgan fingerprint density at radius 1 is 1.37 bits per heavy atom. The van der Waals surface area contributed by atoms with Crippen LogP contribution in [0.1, 0.15) is 58.4 Å². The Morgan fingerprint density at radius 2 is 2.11 bits per heavy atom. The molecule has 1 fully saturated rings. The maximum Gasteiger partial charge on any atom is 0.00983 e. The number of aryl methyl sites for hydroxylation is 1. The summed E-state index contributed by atoms with van der Waals surface area (Å²) in [6, 6.07) is 3.00. The Hall–Kier alpha value is -0.340. The zero-order chi connectivity index (χ0) is 13.7. The van der Waals surface area contributed by atoms with E-state index in [1.807, 2.05) is 11.3 Å². The molecular weight excluding hydrogens is 250 g/mol. The van der Waals surface area contributed by atoms with E-state index in [4.69, 9.17) is 0 Å². The first-order chi connectivity index (χ1) is 9.11. The summed E-state index contributed by atoms with van der Waals surface area (Å²) in [6.07, 6.45) is 8.16. The average molecular weight is 279 g/mol. The summed E-state index contributed by atoms with van der Waals surface area (Å²) in [5, 5.41) is 8.24. The molecule has 108 valence electrons. The monoisotopic (exact) mass is 279 g/mol. The summed E-state index contributed by atoms with van der Waals surface area (Å²) < 4.78 is 0. The molecule has 0 spiro atoms. The van der Waals surface area contributed by atoms with Gasteiger partial charge in [0.2, 0.25) is 0 Å². The van der Waals surface area contributed by atoms with Gasteiger partial charge < -0.3 is 5.32 Å². The van der Waals surface area contributed by atoms with Crippen molar-refractivity contribution in [3.8, 4) is 0 Å².